The van der Waals surface area contributed by atoms with Crippen LogP contribution in [0.1, 0.15) is 30.1 Å². The highest BCUT2D eigenvalue weighted by Crippen LogP contribution is 2.38. The first-order valence-corrected chi connectivity index (χ1v) is 10.7. The van der Waals surface area contributed by atoms with E-state index < -0.39 is 0 Å². The molecule has 1 aromatic rings. The van der Waals surface area contributed by atoms with Gasteiger partial charge in [-0.05, 0) is 32.3 Å². The Morgan fingerprint density at radius 2 is 1.85 bits per heavy atom. The maximum absolute atomic E-state index is 13.0. The van der Waals surface area contributed by atoms with Crippen LogP contribution in [-0.4, -0.2) is 29.3 Å². The third-order valence-corrected chi connectivity index (χ3v) is 8.78. The van der Waals surface area contributed by atoms with Gasteiger partial charge in [-0.1, -0.05) is 30.3 Å². The molecule has 4 heteroatoms. The first-order chi connectivity index (χ1) is 9.69. The molecule has 2 atom stereocenters. The van der Waals surface area contributed by atoms with E-state index in [1.807, 2.05) is 30.3 Å². The van der Waals surface area contributed by atoms with E-state index in [0.717, 1.165) is 10.5 Å². The topological polar surface area (TPSA) is 17.1 Å². The zero-order valence-corrected chi connectivity index (χ0v) is 14.7. The van der Waals surface area contributed by atoms with Crippen molar-refractivity contribution in [3.8, 4) is 0 Å². The first-order valence-electron chi connectivity index (χ1n) is 6.80. The summed E-state index contributed by atoms with van der Waals surface area (Å²) in [5.41, 5.74) is 0.828. The van der Waals surface area contributed by atoms with Crippen molar-refractivity contribution < 1.29 is 4.79 Å². The minimum absolute atomic E-state index is 0.118. The Bertz CT molecular complexity index is 490. The monoisotopic (exact) mass is 325 g/mol. The number of thioether (sulfide) groups is 2. The van der Waals surface area contributed by atoms with E-state index in [1.165, 1.54) is 22.8 Å². The van der Waals surface area contributed by atoms with Crippen molar-refractivity contribution >= 4 is 40.2 Å². The summed E-state index contributed by atoms with van der Waals surface area (Å²) in [6, 6.07) is 9.73. The molecular weight excluding hydrogens is 304 g/mol. The van der Waals surface area contributed by atoms with Gasteiger partial charge in [0.25, 0.3) is 0 Å². The van der Waals surface area contributed by atoms with Gasteiger partial charge in [0, 0.05) is 16.5 Å². The Labute approximate surface area is 133 Å². The summed E-state index contributed by atoms with van der Waals surface area (Å²) >= 11 is 3.44. The van der Waals surface area contributed by atoms with E-state index in [4.69, 9.17) is 0 Å². The highest BCUT2D eigenvalue weighted by molar-refractivity contribution is 8.22. The van der Waals surface area contributed by atoms with Gasteiger partial charge in [0.05, 0.1) is 4.24 Å². The Balaban J connectivity index is 2.42. The van der Waals surface area contributed by atoms with Crippen molar-refractivity contribution in [3.05, 3.63) is 45.0 Å². The van der Waals surface area contributed by atoms with Crippen molar-refractivity contribution in [2.45, 2.75) is 25.0 Å². The highest BCUT2D eigenvalue weighted by Gasteiger charge is 2.42. The molecule has 2 rings (SSSR count). The van der Waals surface area contributed by atoms with Crippen molar-refractivity contribution in [3.63, 3.8) is 0 Å². The lowest BCUT2D eigenvalue weighted by molar-refractivity contribution is 0.104. The Hall–Kier alpha value is -0.320. The van der Waals surface area contributed by atoms with Gasteiger partial charge in [0.1, 0.15) is 11.0 Å². The third-order valence-electron chi connectivity index (χ3n) is 3.52. The normalized spacial score (nSPS) is 21.8. The molecule has 1 nitrogen and oxygen atoms in total. The lowest BCUT2D eigenvalue weighted by atomic mass is 10.1. The summed E-state index contributed by atoms with van der Waals surface area (Å²) in [6.45, 7) is 2.30. The maximum atomic E-state index is 13.0. The fourth-order valence-electron chi connectivity index (χ4n) is 2.48. The van der Waals surface area contributed by atoms with Crippen LogP contribution in [0, 0.1) is 0 Å². The van der Waals surface area contributed by atoms with Crippen LogP contribution in [0.4, 0.5) is 0 Å². The molecule has 0 amide bonds. The fraction of sp³-hybridized carbons (Fsp3) is 0.438. The van der Waals surface area contributed by atoms with Crippen LogP contribution in [0.15, 0.2) is 39.5 Å². The van der Waals surface area contributed by atoms with Gasteiger partial charge in [-0.25, -0.2) is 0 Å². The smallest absolute Gasteiger partial charge is 0.242 e. The van der Waals surface area contributed by atoms with Crippen LogP contribution >= 0.6 is 23.5 Å². The molecule has 1 aliphatic heterocycles. The van der Waals surface area contributed by atoms with Crippen molar-refractivity contribution in [2.75, 3.05) is 18.3 Å². The molecule has 0 aliphatic carbocycles. The molecule has 1 saturated heterocycles. The Morgan fingerprint density at radius 3 is 2.35 bits per heavy atom. The van der Waals surface area contributed by atoms with Crippen LogP contribution in [0.3, 0.4) is 0 Å². The van der Waals surface area contributed by atoms with E-state index in [0.29, 0.717) is 5.25 Å². The van der Waals surface area contributed by atoms with Gasteiger partial charge < -0.3 is 0 Å². The zero-order valence-electron chi connectivity index (χ0n) is 12.2. The van der Waals surface area contributed by atoms with E-state index in [9.17, 15) is 4.79 Å². The van der Waals surface area contributed by atoms with Crippen molar-refractivity contribution in [1.82, 2.24) is 0 Å². The van der Waals surface area contributed by atoms with Crippen LogP contribution < -0.4 is 0 Å². The molecule has 1 heterocycles. The molecule has 0 N–H and O–H groups in total. The molecule has 20 heavy (non-hydrogen) atoms. The predicted octanol–water partition coefficient (Wildman–Crippen LogP) is 4.57. The van der Waals surface area contributed by atoms with Gasteiger partial charge in [-0.15, -0.1) is 23.5 Å². The molecule has 0 spiro atoms. The molecule has 1 fully saturated rings. The number of ketones is 1. The Morgan fingerprint density at radius 1 is 1.20 bits per heavy atom. The summed E-state index contributed by atoms with van der Waals surface area (Å²) < 4.78 is 1.20. The van der Waals surface area contributed by atoms with E-state index in [1.54, 1.807) is 23.5 Å². The molecular formula is C16H21OS3+. The summed E-state index contributed by atoms with van der Waals surface area (Å²) in [5.74, 6) is 1.42. The molecule has 0 aromatic heterocycles. The van der Waals surface area contributed by atoms with Crippen LogP contribution in [-0.2, 0) is 10.9 Å². The predicted molar refractivity (Wildman–Crippen MR) is 95.8 cm³/mol. The van der Waals surface area contributed by atoms with Gasteiger partial charge in [-0.2, -0.15) is 0 Å². The second-order valence-corrected chi connectivity index (χ2v) is 9.18. The molecule has 2 unspecified atom stereocenters. The van der Waals surface area contributed by atoms with Crippen LogP contribution in [0.25, 0.3) is 0 Å². The highest BCUT2D eigenvalue weighted by atomic mass is 32.2. The van der Waals surface area contributed by atoms with E-state index >= 15 is 0 Å². The number of hydrogen-bond acceptors (Lipinski definition) is 3. The maximum Gasteiger partial charge on any atom is 0.242 e. The second kappa shape index (κ2) is 7.62. The van der Waals surface area contributed by atoms with Crippen molar-refractivity contribution in [2.24, 2.45) is 0 Å². The average molecular weight is 326 g/mol. The second-order valence-electron chi connectivity index (χ2n) is 4.81. The molecule has 0 radical (unpaired) electrons. The number of rotatable bonds is 5. The largest absolute Gasteiger partial charge is 0.284 e. The summed E-state index contributed by atoms with van der Waals surface area (Å²) in [5, 5.41) is 0.645. The third kappa shape index (κ3) is 3.46. The minimum Gasteiger partial charge on any atom is -0.284 e. The SMILES string of the molecule is CSC(SC)=C(C(=O)c1ccccc1)[S+]1CCCC1C. The molecule has 1 aliphatic rings. The molecule has 0 bridgehead atoms. The van der Waals surface area contributed by atoms with Crippen LogP contribution in [0.2, 0.25) is 0 Å². The van der Waals surface area contributed by atoms with Gasteiger partial charge >= 0.3 is 0 Å². The zero-order chi connectivity index (χ0) is 14.5. The average Bonchev–Trinajstić information content (AvgIpc) is 2.90. The number of allylic oxidation sites excluding steroid dienone is 1. The lowest BCUT2D eigenvalue weighted by Gasteiger charge is -2.13. The standard InChI is InChI=1S/C16H21OS3/c1-12-8-7-11-20(12)15(16(18-2)19-3)14(17)13-9-5-4-6-10-13/h4-6,9-10,12H,7-8,11H2,1-3H3/q+1. The van der Waals surface area contributed by atoms with Crippen LogP contribution in [0.5, 0.6) is 0 Å². The summed E-state index contributed by atoms with van der Waals surface area (Å²) in [6.07, 6.45) is 6.67. The van der Waals surface area contributed by atoms with Crippen molar-refractivity contribution in [1.29, 1.82) is 0 Å². The number of carbonyl (C=O) groups is 1. The Kier molecular flexibility index (Phi) is 6.12. The molecule has 1 aromatic carbocycles. The molecule has 0 saturated carbocycles. The fourth-order valence-corrected chi connectivity index (χ4v) is 7.35. The molecule has 108 valence electrons. The number of Topliss-reactive ketones (excluding diaryl/α,β-unsaturated/α-hetero) is 1. The first kappa shape index (κ1) is 16.1. The van der Waals surface area contributed by atoms with Gasteiger partial charge in [0.2, 0.25) is 10.7 Å². The quantitative estimate of drug-likeness (QED) is 0.448. The van der Waals surface area contributed by atoms with E-state index in [-0.39, 0.29) is 16.7 Å². The minimum atomic E-state index is 0.118. The lowest BCUT2D eigenvalue weighted by Crippen LogP contribution is -2.22. The van der Waals surface area contributed by atoms with Gasteiger partial charge in [0.15, 0.2) is 0 Å². The number of carbonyl (C=O) groups excluding carboxylic acids is 1. The summed E-state index contributed by atoms with van der Waals surface area (Å²) in [7, 11) is 0.118. The number of hydrogen-bond donors (Lipinski definition) is 0. The van der Waals surface area contributed by atoms with Gasteiger partial charge in [-0.3, -0.25) is 4.79 Å². The summed E-state index contributed by atoms with van der Waals surface area (Å²) in [4.78, 5) is 14.0. The number of benzene rings is 1. The van der Waals surface area contributed by atoms with E-state index in [2.05, 4.69) is 19.4 Å².